The highest BCUT2D eigenvalue weighted by Gasteiger charge is 2.48. The topological polar surface area (TPSA) is 58.6 Å². The zero-order valence-electron chi connectivity index (χ0n) is 11.5. The van der Waals surface area contributed by atoms with E-state index >= 15 is 0 Å². The minimum absolute atomic E-state index is 0.255. The molecule has 1 heterocycles. The van der Waals surface area contributed by atoms with E-state index in [1.807, 2.05) is 0 Å². The second kappa shape index (κ2) is 6.21. The number of rotatable bonds is 3. The molecule has 0 spiro atoms. The normalized spacial score (nSPS) is 19.5. The smallest absolute Gasteiger partial charge is 0.428 e. The Morgan fingerprint density at radius 2 is 1.77 bits per heavy atom. The Morgan fingerprint density at radius 3 is 2.27 bits per heavy atom. The first-order valence-electron chi connectivity index (χ1n) is 6.68. The number of aliphatic hydroxyl groups excluding tert-OH is 1. The molecule has 1 aromatic carbocycles. The summed E-state index contributed by atoms with van der Waals surface area (Å²) in [6.45, 7) is 0.857. The van der Waals surface area contributed by atoms with E-state index in [4.69, 9.17) is 0 Å². The fourth-order valence-electron chi connectivity index (χ4n) is 2.61. The van der Waals surface area contributed by atoms with Crippen LogP contribution in [0.15, 0.2) is 24.3 Å². The molecule has 22 heavy (non-hydrogen) atoms. The van der Waals surface area contributed by atoms with Gasteiger partial charge in [0.25, 0.3) is 0 Å². The summed E-state index contributed by atoms with van der Waals surface area (Å²) in [5, 5.41) is 13.1. The Bertz CT molecular complexity index is 524. The Morgan fingerprint density at radius 1 is 1.23 bits per heavy atom. The monoisotopic (exact) mass is 321 g/mol. The molecule has 0 saturated carbocycles. The molecule has 1 atom stereocenters. The summed E-state index contributed by atoms with van der Waals surface area (Å²) in [6, 6.07) is 5.06. The lowest BCUT2D eigenvalue weighted by atomic mass is 9.72. The molecule has 0 bridgehead atoms. The molecular weight excluding hydrogens is 306 g/mol. The van der Waals surface area contributed by atoms with Crippen LogP contribution in [-0.2, 0) is 14.9 Å². The molecule has 4 nitrogen and oxygen atoms in total. The number of carbonyl (C=O) groups is 1. The van der Waals surface area contributed by atoms with Crippen LogP contribution in [-0.4, -0.2) is 36.6 Å². The van der Waals surface area contributed by atoms with Crippen LogP contribution in [0.3, 0.4) is 0 Å². The molecule has 1 aromatic rings. The third kappa shape index (κ3) is 3.38. The number of hydrogen-bond acceptors (Lipinski definition) is 4. The van der Waals surface area contributed by atoms with Gasteiger partial charge in [-0.2, -0.15) is 13.2 Å². The highest BCUT2D eigenvalue weighted by atomic mass is 19.4. The van der Waals surface area contributed by atoms with Crippen molar-refractivity contribution in [3.8, 4) is 0 Å². The maximum absolute atomic E-state index is 13.0. The predicted octanol–water partition coefficient (Wildman–Crippen LogP) is 1.87. The minimum atomic E-state index is -5.18. The van der Waals surface area contributed by atoms with Crippen molar-refractivity contribution in [1.82, 2.24) is 5.32 Å². The Balaban J connectivity index is 2.29. The lowest BCUT2D eigenvalue weighted by molar-refractivity contribution is -0.229. The van der Waals surface area contributed by atoms with Crippen molar-refractivity contribution < 1.29 is 32.2 Å². The van der Waals surface area contributed by atoms with Crippen molar-refractivity contribution in [2.24, 2.45) is 0 Å². The van der Waals surface area contributed by atoms with Gasteiger partial charge in [-0.1, -0.05) is 12.1 Å². The first kappa shape index (κ1) is 16.7. The molecule has 122 valence electrons. The number of carbonyl (C=O) groups excluding carboxylic acids is 1. The van der Waals surface area contributed by atoms with Crippen LogP contribution in [0.4, 0.5) is 17.6 Å². The number of benzene rings is 1. The maximum Gasteiger partial charge on any atom is 0.491 e. The van der Waals surface area contributed by atoms with Crippen molar-refractivity contribution in [1.29, 1.82) is 0 Å². The van der Waals surface area contributed by atoms with E-state index in [1.54, 1.807) is 0 Å². The average molecular weight is 321 g/mol. The van der Waals surface area contributed by atoms with Gasteiger partial charge in [0.05, 0.1) is 5.41 Å². The molecule has 0 radical (unpaired) electrons. The Labute approximate surface area is 124 Å². The molecule has 1 aliphatic heterocycles. The number of aliphatic hydroxyl groups is 1. The molecule has 1 aliphatic rings. The minimum Gasteiger partial charge on any atom is -0.428 e. The van der Waals surface area contributed by atoms with E-state index in [-0.39, 0.29) is 12.8 Å². The molecular formula is C14H15F4NO3. The third-order valence-electron chi connectivity index (χ3n) is 3.84. The van der Waals surface area contributed by atoms with E-state index in [0.717, 1.165) is 12.1 Å². The van der Waals surface area contributed by atoms with Gasteiger partial charge in [0, 0.05) is 0 Å². The van der Waals surface area contributed by atoms with Crippen molar-refractivity contribution >= 4 is 5.97 Å². The van der Waals surface area contributed by atoms with Crippen LogP contribution in [0.25, 0.3) is 0 Å². The molecule has 1 unspecified atom stereocenters. The second-order valence-electron chi connectivity index (χ2n) is 5.17. The lowest BCUT2D eigenvalue weighted by Crippen LogP contribution is -2.50. The van der Waals surface area contributed by atoms with Crippen molar-refractivity contribution in [2.75, 3.05) is 13.1 Å². The Kier molecular flexibility index (Phi) is 4.72. The molecule has 1 saturated heterocycles. The maximum atomic E-state index is 13.0. The second-order valence-corrected chi connectivity index (χ2v) is 5.17. The van der Waals surface area contributed by atoms with Gasteiger partial charge in [0.2, 0.25) is 6.29 Å². The average Bonchev–Trinajstić information content (AvgIpc) is 2.47. The summed E-state index contributed by atoms with van der Waals surface area (Å²) in [7, 11) is 0. The number of ether oxygens (including phenoxy) is 1. The lowest BCUT2D eigenvalue weighted by Gasteiger charge is -2.40. The van der Waals surface area contributed by atoms with Crippen LogP contribution in [0.5, 0.6) is 0 Å². The van der Waals surface area contributed by atoms with Crippen LogP contribution in [0.1, 0.15) is 18.4 Å². The van der Waals surface area contributed by atoms with Crippen LogP contribution in [0.2, 0.25) is 0 Å². The third-order valence-corrected chi connectivity index (χ3v) is 3.84. The van der Waals surface area contributed by atoms with Crippen molar-refractivity contribution in [3.63, 3.8) is 0 Å². The molecule has 0 amide bonds. The first-order chi connectivity index (χ1) is 10.3. The summed E-state index contributed by atoms with van der Waals surface area (Å²) < 4.78 is 54.2. The summed E-state index contributed by atoms with van der Waals surface area (Å²) in [4.78, 5) is 11.0. The van der Waals surface area contributed by atoms with Crippen LogP contribution >= 0.6 is 0 Å². The zero-order chi connectivity index (χ0) is 16.4. The van der Waals surface area contributed by atoms with Gasteiger partial charge in [0.1, 0.15) is 5.82 Å². The van der Waals surface area contributed by atoms with Gasteiger partial charge >= 0.3 is 12.1 Å². The van der Waals surface area contributed by atoms with Gasteiger partial charge in [-0.05, 0) is 43.6 Å². The number of esters is 1. The van der Waals surface area contributed by atoms with Crippen molar-refractivity contribution in [2.45, 2.75) is 30.7 Å². The molecule has 0 aliphatic carbocycles. The number of alkyl halides is 3. The molecule has 1 fully saturated rings. The SMILES string of the molecule is O=C(OC(O)C1(c2ccc(F)cc2)CCNCC1)C(F)(F)F. The fraction of sp³-hybridized carbons (Fsp3) is 0.500. The summed E-state index contributed by atoms with van der Waals surface area (Å²) in [5.74, 6) is -2.95. The van der Waals surface area contributed by atoms with Gasteiger partial charge < -0.3 is 15.2 Å². The highest BCUT2D eigenvalue weighted by Crippen LogP contribution is 2.38. The van der Waals surface area contributed by atoms with Gasteiger partial charge in [0.15, 0.2) is 0 Å². The van der Waals surface area contributed by atoms with E-state index in [2.05, 4.69) is 10.1 Å². The fourth-order valence-corrected chi connectivity index (χ4v) is 2.61. The standard InChI is InChI=1S/C14H15F4NO3/c15-10-3-1-9(2-4-10)13(5-7-19-8-6-13)11(20)22-12(21)14(16,17)18/h1-4,11,19-20H,5-8H2. The highest BCUT2D eigenvalue weighted by molar-refractivity contribution is 5.75. The summed E-state index contributed by atoms with van der Waals surface area (Å²) >= 11 is 0. The van der Waals surface area contributed by atoms with Gasteiger partial charge in [-0.15, -0.1) is 0 Å². The van der Waals surface area contributed by atoms with Gasteiger partial charge in [-0.25, -0.2) is 9.18 Å². The molecule has 2 rings (SSSR count). The zero-order valence-corrected chi connectivity index (χ0v) is 11.5. The van der Waals surface area contributed by atoms with E-state index in [9.17, 15) is 27.5 Å². The molecule has 8 heteroatoms. The largest absolute Gasteiger partial charge is 0.491 e. The first-order valence-corrected chi connectivity index (χ1v) is 6.68. The summed E-state index contributed by atoms with van der Waals surface area (Å²) in [5.41, 5.74) is -0.766. The predicted molar refractivity (Wildman–Crippen MR) is 68.3 cm³/mol. The van der Waals surface area contributed by atoms with E-state index in [1.165, 1.54) is 12.1 Å². The van der Waals surface area contributed by atoms with Crippen LogP contribution < -0.4 is 5.32 Å². The summed E-state index contributed by atoms with van der Waals surface area (Å²) in [6.07, 6.45) is -6.64. The van der Waals surface area contributed by atoms with Gasteiger partial charge in [-0.3, -0.25) is 0 Å². The van der Waals surface area contributed by atoms with Crippen molar-refractivity contribution in [3.05, 3.63) is 35.6 Å². The quantitative estimate of drug-likeness (QED) is 0.507. The Hall–Kier alpha value is -1.67. The number of nitrogens with one attached hydrogen (secondary N) is 1. The molecule has 2 N–H and O–H groups in total. The number of halogens is 4. The van der Waals surface area contributed by atoms with E-state index in [0.29, 0.717) is 18.7 Å². The number of hydrogen-bond donors (Lipinski definition) is 2. The van der Waals surface area contributed by atoms with Crippen LogP contribution in [0, 0.1) is 5.82 Å². The number of piperidine rings is 1. The van der Waals surface area contributed by atoms with E-state index < -0.39 is 29.7 Å². The molecule has 0 aromatic heterocycles.